The Bertz CT molecular complexity index is 848. The van der Waals surface area contributed by atoms with E-state index in [1.54, 1.807) is 18.2 Å². The van der Waals surface area contributed by atoms with Crippen molar-refractivity contribution in [1.82, 2.24) is 9.55 Å². The number of hydrogen-bond acceptors (Lipinski definition) is 4. The summed E-state index contributed by atoms with van der Waals surface area (Å²) in [4.78, 5) is 27.2. The molecule has 0 spiro atoms. The summed E-state index contributed by atoms with van der Waals surface area (Å²) in [6.45, 7) is 0.143. The Morgan fingerprint density at radius 3 is 2.80 bits per heavy atom. The van der Waals surface area contributed by atoms with E-state index in [1.165, 1.54) is 23.0 Å². The van der Waals surface area contributed by atoms with Crippen LogP contribution in [0.15, 0.2) is 51.9 Å². The standard InChI is InChI=1S/C14H10N2O4/c17-13-10-3-1-2-4-11(10)15-8-16(13)7-9-5-6-12(20-9)14(18)19/h1-6,8H,7H2,(H,18,19). The monoisotopic (exact) mass is 270 g/mol. The number of para-hydroxylation sites is 1. The molecule has 0 saturated heterocycles. The maximum atomic E-state index is 12.2. The molecule has 3 aromatic rings. The maximum Gasteiger partial charge on any atom is 0.371 e. The van der Waals surface area contributed by atoms with E-state index in [0.717, 1.165) is 0 Å². The van der Waals surface area contributed by atoms with Gasteiger partial charge in [-0.05, 0) is 24.3 Å². The van der Waals surface area contributed by atoms with Crippen molar-refractivity contribution >= 4 is 16.9 Å². The van der Waals surface area contributed by atoms with Gasteiger partial charge in [-0.25, -0.2) is 9.78 Å². The number of aromatic nitrogens is 2. The third kappa shape index (κ3) is 2.07. The summed E-state index contributed by atoms with van der Waals surface area (Å²) in [5.41, 5.74) is 0.434. The van der Waals surface area contributed by atoms with Crippen molar-refractivity contribution in [2.75, 3.05) is 0 Å². The molecule has 2 heterocycles. The fourth-order valence-electron chi connectivity index (χ4n) is 1.96. The average Bonchev–Trinajstić information content (AvgIpc) is 2.91. The first-order valence-electron chi connectivity index (χ1n) is 5.91. The van der Waals surface area contributed by atoms with Gasteiger partial charge in [-0.3, -0.25) is 9.36 Å². The van der Waals surface area contributed by atoms with Gasteiger partial charge >= 0.3 is 5.97 Å². The summed E-state index contributed by atoms with van der Waals surface area (Å²) in [7, 11) is 0. The van der Waals surface area contributed by atoms with Crippen molar-refractivity contribution in [3.8, 4) is 0 Å². The predicted octanol–water partition coefficient (Wildman–Crippen LogP) is 1.74. The van der Waals surface area contributed by atoms with E-state index in [1.807, 2.05) is 6.07 Å². The fourth-order valence-corrected chi connectivity index (χ4v) is 1.96. The summed E-state index contributed by atoms with van der Waals surface area (Å²) >= 11 is 0. The molecule has 0 unspecified atom stereocenters. The number of nitrogens with zero attached hydrogens (tertiary/aromatic N) is 2. The van der Waals surface area contributed by atoms with E-state index in [9.17, 15) is 9.59 Å². The lowest BCUT2D eigenvalue weighted by Gasteiger charge is -2.04. The Morgan fingerprint density at radius 2 is 2.05 bits per heavy atom. The summed E-state index contributed by atoms with van der Waals surface area (Å²) < 4.78 is 6.51. The number of furan rings is 1. The second kappa shape index (κ2) is 4.65. The molecule has 0 saturated carbocycles. The quantitative estimate of drug-likeness (QED) is 0.783. The lowest BCUT2D eigenvalue weighted by Crippen LogP contribution is -2.20. The van der Waals surface area contributed by atoms with Gasteiger partial charge in [-0.2, -0.15) is 0 Å². The third-order valence-electron chi connectivity index (χ3n) is 2.93. The summed E-state index contributed by atoms with van der Waals surface area (Å²) in [6.07, 6.45) is 1.42. The summed E-state index contributed by atoms with van der Waals surface area (Å²) in [5.74, 6) is -0.899. The van der Waals surface area contributed by atoms with E-state index in [2.05, 4.69) is 4.98 Å². The normalized spacial score (nSPS) is 10.8. The Balaban J connectivity index is 2.00. The van der Waals surface area contributed by atoms with Crippen molar-refractivity contribution in [3.05, 3.63) is 64.6 Å². The van der Waals surface area contributed by atoms with Crippen LogP contribution in [0.5, 0.6) is 0 Å². The van der Waals surface area contributed by atoms with Crippen molar-refractivity contribution < 1.29 is 14.3 Å². The molecule has 6 nitrogen and oxygen atoms in total. The molecule has 100 valence electrons. The number of carboxylic acids is 1. The molecule has 0 fully saturated rings. The highest BCUT2D eigenvalue weighted by Crippen LogP contribution is 2.10. The van der Waals surface area contributed by atoms with Gasteiger partial charge in [-0.15, -0.1) is 0 Å². The molecule has 0 radical (unpaired) electrons. The maximum absolute atomic E-state index is 12.2. The van der Waals surface area contributed by atoms with Crippen LogP contribution in [0.2, 0.25) is 0 Å². The zero-order valence-electron chi connectivity index (χ0n) is 10.3. The van der Waals surface area contributed by atoms with E-state index in [4.69, 9.17) is 9.52 Å². The van der Waals surface area contributed by atoms with Gasteiger partial charge in [0, 0.05) is 0 Å². The van der Waals surface area contributed by atoms with Crippen LogP contribution in [0.3, 0.4) is 0 Å². The minimum atomic E-state index is -1.14. The lowest BCUT2D eigenvalue weighted by molar-refractivity contribution is 0.0660. The van der Waals surface area contributed by atoms with Crippen molar-refractivity contribution in [2.24, 2.45) is 0 Å². The largest absolute Gasteiger partial charge is 0.475 e. The highest BCUT2D eigenvalue weighted by atomic mass is 16.4. The van der Waals surface area contributed by atoms with Crippen LogP contribution in [0.25, 0.3) is 10.9 Å². The van der Waals surface area contributed by atoms with E-state index in [0.29, 0.717) is 16.7 Å². The molecule has 0 aliphatic rings. The first kappa shape index (κ1) is 12.2. The first-order valence-corrected chi connectivity index (χ1v) is 5.91. The Labute approximate surface area is 112 Å². The van der Waals surface area contributed by atoms with Crippen LogP contribution in [0, 0.1) is 0 Å². The van der Waals surface area contributed by atoms with Crippen LogP contribution in [-0.2, 0) is 6.54 Å². The minimum Gasteiger partial charge on any atom is -0.475 e. The summed E-state index contributed by atoms with van der Waals surface area (Å²) in [6, 6.07) is 9.93. The molecule has 1 N–H and O–H groups in total. The Hall–Kier alpha value is -2.89. The SMILES string of the molecule is O=C(O)c1ccc(Cn2cnc3ccccc3c2=O)o1. The number of carbonyl (C=O) groups is 1. The molecule has 6 heteroatoms. The van der Waals surface area contributed by atoms with Gasteiger partial charge in [-0.1, -0.05) is 12.1 Å². The number of benzene rings is 1. The van der Waals surface area contributed by atoms with Gasteiger partial charge in [0.25, 0.3) is 5.56 Å². The van der Waals surface area contributed by atoms with Crippen molar-refractivity contribution in [3.63, 3.8) is 0 Å². The van der Waals surface area contributed by atoms with Gasteiger partial charge in [0.15, 0.2) is 0 Å². The Morgan fingerprint density at radius 1 is 1.25 bits per heavy atom. The third-order valence-corrected chi connectivity index (χ3v) is 2.93. The molecule has 0 bridgehead atoms. The highest BCUT2D eigenvalue weighted by Gasteiger charge is 2.10. The van der Waals surface area contributed by atoms with Crippen LogP contribution in [0.4, 0.5) is 0 Å². The molecule has 0 aliphatic carbocycles. The average molecular weight is 270 g/mol. The number of aromatic carboxylic acids is 1. The number of rotatable bonds is 3. The van der Waals surface area contributed by atoms with Crippen molar-refractivity contribution in [1.29, 1.82) is 0 Å². The second-order valence-electron chi connectivity index (χ2n) is 4.27. The molecule has 0 amide bonds. The fraction of sp³-hybridized carbons (Fsp3) is 0.0714. The van der Waals surface area contributed by atoms with Gasteiger partial charge in [0.2, 0.25) is 5.76 Å². The summed E-state index contributed by atoms with van der Waals surface area (Å²) in [5, 5.41) is 9.30. The zero-order valence-corrected chi connectivity index (χ0v) is 10.3. The molecule has 0 atom stereocenters. The predicted molar refractivity (Wildman–Crippen MR) is 70.8 cm³/mol. The van der Waals surface area contributed by atoms with Crippen LogP contribution in [0.1, 0.15) is 16.3 Å². The smallest absolute Gasteiger partial charge is 0.371 e. The van der Waals surface area contributed by atoms with Gasteiger partial charge < -0.3 is 9.52 Å². The molecule has 1 aromatic carbocycles. The zero-order chi connectivity index (χ0) is 14.1. The molecule has 0 aliphatic heterocycles. The molecule has 20 heavy (non-hydrogen) atoms. The molecular formula is C14H10N2O4. The van der Waals surface area contributed by atoms with Gasteiger partial charge in [0.05, 0.1) is 23.8 Å². The Kier molecular flexibility index (Phi) is 2.83. The van der Waals surface area contributed by atoms with Crippen LogP contribution < -0.4 is 5.56 Å². The minimum absolute atomic E-state index is 0.143. The van der Waals surface area contributed by atoms with E-state index < -0.39 is 5.97 Å². The van der Waals surface area contributed by atoms with Crippen molar-refractivity contribution in [2.45, 2.75) is 6.54 Å². The van der Waals surface area contributed by atoms with Crippen LogP contribution >= 0.6 is 0 Å². The number of carboxylic acid groups (broad SMARTS) is 1. The topological polar surface area (TPSA) is 85.3 Å². The molecule has 3 rings (SSSR count). The highest BCUT2D eigenvalue weighted by molar-refractivity contribution is 5.84. The van der Waals surface area contributed by atoms with E-state index in [-0.39, 0.29) is 17.9 Å². The second-order valence-corrected chi connectivity index (χ2v) is 4.27. The number of hydrogen-bond donors (Lipinski definition) is 1. The molecular weight excluding hydrogens is 260 g/mol. The van der Waals surface area contributed by atoms with Gasteiger partial charge in [0.1, 0.15) is 5.76 Å². The lowest BCUT2D eigenvalue weighted by atomic mass is 10.2. The molecule has 2 aromatic heterocycles. The first-order chi connectivity index (χ1) is 9.65. The number of fused-ring (bicyclic) bond motifs is 1. The van der Waals surface area contributed by atoms with Crippen LogP contribution in [-0.4, -0.2) is 20.6 Å². The van der Waals surface area contributed by atoms with E-state index >= 15 is 0 Å².